The zero-order chi connectivity index (χ0) is 29.6. The minimum atomic E-state index is -0.555. The van der Waals surface area contributed by atoms with Crippen molar-refractivity contribution in [3.63, 3.8) is 0 Å². The number of aryl methyl sites for hydroxylation is 2. The largest absolute Gasteiger partial charge is 0.422 e. The Labute approximate surface area is 239 Å². The average Bonchev–Trinajstić information content (AvgIpc) is 2.98. The van der Waals surface area contributed by atoms with Gasteiger partial charge in [-0.25, -0.2) is 19.2 Å². The first kappa shape index (κ1) is 27.8. The van der Waals surface area contributed by atoms with E-state index in [0.717, 1.165) is 11.1 Å². The smallest absolute Gasteiger partial charge is 0.343 e. The summed E-state index contributed by atoms with van der Waals surface area (Å²) in [5, 5.41) is 1.16. The Hall–Kier alpha value is -5.76. The van der Waals surface area contributed by atoms with Gasteiger partial charge in [-0.1, -0.05) is 59.7 Å². The van der Waals surface area contributed by atoms with E-state index >= 15 is 0 Å². The maximum atomic E-state index is 12.1. The summed E-state index contributed by atoms with van der Waals surface area (Å²) in [4.78, 5) is 47.3. The van der Waals surface area contributed by atoms with Gasteiger partial charge in [0.15, 0.2) is 0 Å². The Morgan fingerprint density at radius 3 is 1.26 bits per heavy atom. The van der Waals surface area contributed by atoms with E-state index in [2.05, 4.69) is 0 Å². The average molecular weight is 561 g/mol. The van der Waals surface area contributed by atoms with E-state index in [0.29, 0.717) is 33.1 Å². The van der Waals surface area contributed by atoms with E-state index in [-0.39, 0.29) is 11.5 Å². The van der Waals surface area contributed by atoms with Crippen molar-refractivity contribution in [2.24, 2.45) is 0 Å². The molecule has 0 bridgehead atoms. The molecule has 208 valence electrons. The highest BCUT2D eigenvalue weighted by Gasteiger charge is 2.14. The van der Waals surface area contributed by atoms with Gasteiger partial charge in [0.1, 0.15) is 22.7 Å². The first-order chi connectivity index (χ1) is 20.3. The number of rotatable bonds is 4. The molecule has 42 heavy (non-hydrogen) atoms. The quantitative estimate of drug-likeness (QED) is 0.174. The predicted octanol–water partition coefficient (Wildman–Crippen LogP) is 6.64. The monoisotopic (exact) mass is 560 g/mol. The van der Waals surface area contributed by atoms with E-state index < -0.39 is 23.2 Å². The van der Waals surface area contributed by atoms with E-state index in [9.17, 15) is 19.2 Å². The Bertz CT molecular complexity index is 1870. The molecular formula is C34H24O8. The number of ether oxygens (including phenoxy) is 2. The summed E-state index contributed by atoms with van der Waals surface area (Å²) >= 11 is 0. The molecule has 0 saturated heterocycles. The van der Waals surface area contributed by atoms with E-state index in [1.165, 1.54) is 12.1 Å². The van der Waals surface area contributed by atoms with Crippen molar-refractivity contribution < 1.29 is 27.9 Å². The molecule has 0 aliphatic heterocycles. The molecule has 2 aromatic heterocycles. The van der Waals surface area contributed by atoms with Crippen LogP contribution in [-0.4, -0.2) is 11.9 Å². The molecule has 0 fully saturated rings. The maximum absolute atomic E-state index is 12.1. The van der Waals surface area contributed by atoms with Crippen LogP contribution in [0.3, 0.4) is 0 Å². The van der Waals surface area contributed by atoms with Crippen LogP contribution in [0.15, 0.2) is 128 Å². The van der Waals surface area contributed by atoms with Crippen LogP contribution in [0, 0.1) is 13.8 Å². The molecule has 4 aromatic carbocycles. The van der Waals surface area contributed by atoms with Crippen molar-refractivity contribution in [3.8, 4) is 11.5 Å². The number of fused-ring (bicyclic) bond motifs is 2. The lowest BCUT2D eigenvalue weighted by Crippen LogP contribution is -2.10. The van der Waals surface area contributed by atoms with Gasteiger partial charge in [-0.05, 0) is 62.4 Å². The molecule has 0 aliphatic carbocycles. The number of carbonyl (C=O) groups is 2. The number of para-hydroxylation sites is 2. The van der Waals surface area contributed by atoms with E-state index in [4.69, 9.17) is 18.3 Å². The van der Waals surface area contributed by atoms with Gasteiger partial charge in [0.25, 0.3) is 0 Å². The van der Waals surface area contributed by atoms with Crippen LogP contribution in [0.5, 0.6) is 11.5 Å². The van der Waals surface area contributed by atoms with Gasteiger partial charge in [0, 0.05) is 0 Å². The van der Waals surface area contributed by atoms with E-state index in [1.807, 2.05) is 38.1 Å². The van der Waals surface area contributed by atoms with Crippen molar-refractivity contribution in [3.05, 3.63) is 152 Å². The number of carbonyl (C=O) groups excluding carboxylic acids is 2. The van der Waals surface area contributed by atoms with Crippen LogP contribution < -0.4 is 20.7 Å². The maximum Gasteiger partial charge on any atom is 0.343 e. The lowest BCUT2D eigenvalue weighted by Gasteiger charge is -2.06. The van der Waals surface area contributed by atoms with Gasteiger partial charge >= 0.3 is 23.2 Å². The molecule has 6 rings (SSSR count). The summed E-state index contributed by atoms with van der Waals surface area (Å²) in [6, 6.07) is 30.2. The third-order valence-electron chi connectivity index (χ3n) is 6.20. The molecule has 0 radical (unpaired) electrons. The molecule has 0 atom stereocenters. The van der Waals surface area contributed by atoms with Gasteiger partial charge in [-0.2, -0.15) is 0 Å². The van der Waals surface area contributed by atoms with Crippen molar-refractivity contribution in [1.29, 1.82) is 0 Å². The first-order valence-corrected chi connectivity index (χ1v) is 12.9. The zero-order valence-electron chi connectivity index (χ0n) is 22.7. The molecule has 0 amide bonds. The number of hydrogen-bond acceptors (Lipinski definition) is 8. The molecular weight excluding hydrogens is 536 g/mol. The van der Waals surface area contributed by atoms with Gasteiger partial charge in [-0.15, -0.1) is 0 Å². The number of hydrogen-bond donors (Lipinski definition) is 0. The van der Waals surface area contributed by atoms with Crippen LogP contribution in [-0.2, 0) is 0 Å². The fourth-order valence-electron chi connectivity index (χ4n) is 4.03. The van der Waals surface area contributed by atoms with Crippen LogP contribution in [0.25, 0.3) is 21.9 Å². The van der Waals surface area contributed by atoms with Crippen molar-refractivity contribution in [2.75, 3.05) is 0 Å². The van der Waals surface area contributed by atoms with Gasteiger partial charge in [0.2, 0.25) is 0 Å². The Morgan fingerprint density at radius 1 is 0.524 bits per heavy atom. The lowest BCUT2D eigenvalue weighted by molar-refractivity contribution is 0.0727. The second kappa shape index (κ2) is 12.2. The fourth-order valence-corrected chi connectivity index (χ4v) is 4.03. The fraction of sp³-hybridized carbons (Fsp3) is 0.0588. The zero-order valence-corrected chi connectivity index (χ0v) is 22.7. The summed E-state index contributed by atoms with van der Waals surface area (Å²) in [5.41, 5.74) is 2.62. The third-order valence-corrected chi connectivity index (χ3v) is 6.20. The van der Waals surface area contributed by atoms with Gasteiger partial charge < -0.3 is 18.3 Å². The Kier molecular flexibility index (Phi) is 8.06. The van der Waals surface area contributed by atoms with Crippen molar-refractivity contribution in [1.82, 2.24) is 0 Å². The molecule has 0 unspecified atom stereocenters. The summed E-state index contributed by atoms with van der Waals surface area (Å²) < 4.78 is 20.8. The lowest BCUT2D eigenvalue weighted by atomic mass is 10.1. The molecule has 8 nitrogen and oxygen atoms in total. The topological polar surface area (TPSA) is 113 Å². The van der Waals surface area contributed by atoms with Crippen LogP contribution in [0.2, 0.25) is 0 Å². The highest BCUT2D eigenvalue weighted by molar-refractivity contribution is 5.95. The number of benzene rings is 4. The SMILES string of the molecule is Cc1ccc(C(=O)Oc2cc(=O)oc3ccccc23)cc1.Cc1ccc(C(=O)Oc2cc(=O)oc3ccccc23)cc1. The van der Waals surface area contributed by atoms with Crippen LogP contribution in [0.4, 0.5) is 0 Å². The molecule has 8 heteroatoms. The molecule has 0 aliphatic rings. The minimum Gasteiger partial charge on any atom is -0.422 e. The highest BCUT2D eigenvalue weighted by atomic mass is 16.5. The second-order valence-electron chi connectivity index (χ2n) is 9.36. The van der Waals surface area contributed by atoms with Gasteiger partial charge in [-0.3, -0.25) is 0 Å². The minimum absolute atomic E-state index is 0.201. The summed E-state index contributed by atoms with van der Waals surface area (Å²) in [6.45, 7) is 3.87. The number of esters is 2. The van der Waals surface area contributed by atoms with Gasteiger partial charge in [0.05, 0.1) is 34.0 Å². The normalized spacial score (nSPS) is 10.5. The van der Waals surface area contributed by atoms with Crippen molar-refractivity contribution in [2.45, 2.75) is 13.8 Å². The molecule has 6 aromatic rings. The standard InChI is InChI=1S/2C17H12O4/c2*1-11-6-8-12(9-7-11)17(19)21-15-10-16(18)20-14-5-3-2-4-13(14)15/h2*2-10H,1H3. The molecule has 0 spiro atoms. The predicted molar refractivity (Wildman–Crippen MR) is 157 cm³/mol. The Morgan fingerprint density at radius 2 is 0.881 bits per heavy atom. The van der Waals surface area contributed by atoms with Crippen molar-refractivity contribution >= 4 is 33.9 Å². The van der Waals surface area contributed by atoms with E-state index in [1.54, 1.807) is 72.8 Å². The summed E-state index contributed by atoms with van der Waals surface area (Å²) in [6.07, 6.45) is 0. The molecule has 2 heterocycles. The highest BCUT2D eigenvalue weighted by Crippen LogP contribution is 2.25. The summed E-state index contributed by atoms with van der Waals surface area (Å²) in [5.74, 6) is -0.614. The summed E-state index contributed by atoms with van der Waals surface area (Å²) in [7, 11) is 0. The molecule has 0 saturated carbocycles. The first-order valence-electron chi connectivity index (χ1n) is 12.9. The second-order valence-corrected chi connectivity index (χ2v) is 9.36. The Balaban J connectivity index is 0.000000168. The van der Waals surface area contributed by atoms with Crippen LogP contribution in [0.1, 0.15) is 31.8 Å². The third kappa shape index (κ3) is 6.51. The van der Waals surface area contributed by atoms with Crippen LogP contribution >= 0.6 is 0 Å². The molecule has 0 N–H and O–H groups in total.